The molecule has 0 bridgehead atoms. The van der Waals surface area contributed by atoms with Crippen molar-refractivity contribution in [2.45, 2.75) is 37.6 Å². The Balaban J connectivity index is 1.18. The number of hydrogen-bond donors (Lipinski definition) is 2. The summed E-state index contributed by atoms with van der Waals surface area (Å²) < 4.78 is 26.4. The number of ether oxygens (including phenoxy) is 2. The molecule has 1 heterocycles. The van der Waals surface area contributed by atoms with Crippen molar-refractivity contribution in [2.24, 2.45) is 0 Å². The van der Waals surface area contributed by atoms with Gasteiger partial charge < -0.3 is 24.6 Å². The predicted molar refractivity (Wildman–Crippen MR) is 196 cm³/mol. The summed E-state index contributed by atoms with van der Waals surface area (Å²) in [6.45, 7) is 1.15. The number of β-lactam (4-membered cyclic amide) rings is 1. The molecule has 0 aromatic heterocycles. The van der Waals surface area contributed by atoms with Crippen LogP contribution >= 0.6 is 0 Å². The average Bonchev–Trinajstić information content (AvgIpc) is 3.17. The largest absolute Gasteiger partial charge is 0.508 e. The van der Waals surface area contributed by atoms with E-state index >= 15 is 0 Å². The van der Waals surface area contributed by atoms with E-state index in [-0.39, 0.29) is 17.5 Å². The molecule has 0 saturated carbocycles. The van der Waals surface area contributed by atoms with Crippen LogP contribution in [0.4, 0.5) is 10.1 Å². The fraction of sp³-hybridized carbons (Fsp3) is 0.159. The first-order valence-corrected chi connectivity index (χ1v) is 17.0. The van der Waals surface area contributed by atoms with Gasteiger partial charge in [-0.2, -0.15) is 0 Å². The number of halogens is 1. The van der Waals surface area contributed by atoms with Crippen LogP contribution in [0.1, 0.15) is 41.2 Å². The van der Waals surface area contributed by atoms with Crippen molar-refractivity contribution in [3.05, 3.63) is 180 Å². The highest BCUT2D eigenvalue weighted by Gasteiger charge is 2.53. The van der Waals surface area contributed by atoms with Crippen molar-refractivity contribution in [1.29, 1.82) is 0 Å². The summed E-state index contributed by atoms with van der Waals surface area (Å²) in [4.78, 5) is 15.8. The Kier molecular flexibility index (Phi) is 9.81. The Bertz CT molecular complexity index is 2070. The molecular formula is C44H38FNO5. The number of hydrogen-bond acceptors (Lipinski definition) is 5. The quantitative estimate of drug-likeness (QED) is 0.119. The zero-order valence-electron chi connectivity index (χ0n) is 28.0. The topological polar surface area (TPSA) is 79.2 Å². The van der Waals surface area contributed by atoms with Crippen molar-refractivity contribution in [3.8, 4) is 28.4 Å². The number of carbonyl (C=O) groups is 1. The molecule has 2 N–H and O–H groups in total. The fourth-order valence-corrected chi connectivity index (χ4v) is 6.64. The van der Waals surface area contributed by atoms with Crippen LogP contribution in [0, 0.1) is 5.82 Å². The summed E-state index contributed by atoms with van der Waals surface area (Å²) in [5.74, 6) is 0.915. The molecule has 2 atom stereocenters. The monoisotopic (exact) mass is 679 g/mol. The van der Waals surface area contributed by atoms with E-state index in [1.807, 2.05) is 103 Å². The molecular weight excluding hydrogens is 641 g/mol. The maximum Gasteiger partial charge on any atom is 0.239 e. The second-order valence-corrected chi connectivity index (χ2v) is 12.9. The van der Waals surface area contributed by atoms with Gasteiger partial charge in [0.1, 0.15) is 24.8 Å². The Morgan fingerprint density at radius 3 is 1.96 bits per heavy atom. The van der Waals surface area contributed by atoms with Crippen molar-refractivity contribution in [1.82, 2.24) is 0 Å². The first kappa shape index (κ1) is 33.6. The number of nitrogens with zero attached hydrogens (tertiary/aromatic N) is 1. The summed E-state index contributed by atoms with van der Waals surface area (Å²) in [6, 6.07) is 46.1. The van der Waals surface area contributed by atoms with E-state index in [9.17, 15) is 19.4 Å². The van der Waals surface area contributed by atoms with Gasteiger partial charge in [0.25, 0.3) is 0 Å². The number of aliphatic hydroxyl groups is 1. The molecule has 0 radical (unpaired) electrons. The van der Waals surface area contributed by atoms with Crippen LogP contribution in [0.2, 0.25) is 0 Å². The second-order valence-electron chi connectivity index (χ2n) is 12.9. The predicted octanol–water partition coefficient (Wildman–Crippen LogP) is 9.15. The molecule has 0 spiro atoms. The minimum atomic E-state index is -0.884. The number of phenolic OH excluding ortho intramolecular Hbond substituents is 1. The molecule has 51 heavy (non-hydrogen) atoms. The number of aromatic hydroxyl groups is 1. The molecule has 1 aliphatic heterocycles. The Morgan fingerprint density at radius 2 is 1.33 bits per heavy atom. The number of aliphatic hydroxyl groups excluding tert-OH is 1. The number of amides is 1. The zero-order chi connectivity index (χ0) is 35.2. The lowest BCUT2D eigenvalue weighted by Crippen LogP contribution is -2.64. The standard InChI is InChI=1S/C44H38FNO5/c45-36-20-16-34(17-21-36)40(48)26-27-44(30-46(43(44)49)37-22-24-38(47)25-23-37)35-18-14-33(15-19-35)39-12-7-13-41(50-28-31-8-3-1-4-9-31)42(39)51-29-32-10-5-2-6-11-32/h1-25,40,47-48H,26-30H2/t40-,44?/m0/s1. The minimum Gasteiger partial charge on any atom is -0.508 e. The van der Waals surface area contributed by atoms with Gasteiger partial charge in [0.2, 0.25) is 5.91 Å². The van der Waals surface area contributed by atoms with Gasteiger partial charge in [0.15, 0.2) is 11.5 Å². The van der Waals surface area contributed by atoms with Crippen LogP contribution in [0.15, 0.2) is 152 Å². The van der Waals surface area contributed by atoms with E-state index in [0.717, 1.165) is 27.8 Å². The normalized spacial score (nSPS) is 16.0. The van der Waals surface area contributed by atoms with Gasteiger partial charge in [-0.05, 0) is 83.1 Å². The van der Waals surface area contributed by atoms with Crippen LogP contribution in [0.5, 0.6) is 17.2 Å². The maximum atomic E-state index is 14.1. The summed E-state index contributed by atoms with van der Waals surface area (Å²) in [7, 11) is 0. The van der Waals surface area contributed by atoms with E-state index in [1.54, 1.807) is 41.3 Å². The molecule has 6 nitrogen and oxygen atoms in total. The van der Waals surface area contributed by atoms with Crippen LogP contribution in [-0.2, 0) is 23.4 Å². The highest BCUT2D eigenvalue weighted by atomic mass is 19.1. The van der Waals surface area contributed by atoms with Crippen LogP contribution < -0.4 is 14.4 Å². The van der Waals surface area contributed by atoms with Crippen LogP contribution in [0.3, 0.4) is 0 Å². The van der Waals surface area contributed by atoms with Gasteiger partial charge in [-0.3, -0.25) is 4.79 Å². The van der Waals surface area contributed by atoms with Gasteiger partial charge in [-0.25, -0.2) is 4.39 Å². The van der Waals surface area contributed by atoms with Gasteiger partial charge in [-0.1, -0.05) is 109 Å². The first-order valence-electron chi connectivity index (χ1n) is 17.0. The number of anilines is 1. The zero-order valence-corrected chi connectivity index (χ0v) is 28.0. The van der Waals surface area contributed by atoms with E-state index < -0.39 is 11.5 Å². The molecule has 1 aliphatic rings. The molecule has 1 fully saturated rings. The molecule has 1 amide bonds. The van der Waals surface area contributed by atoms with Crippen molar-refractivity contribution < 1.29 is 28.9 Å². The molecule has 6 aromatic carbocycles. The molecule has 256 valence electrons. The van der Waals surface area contributed by atoms with Crippen molar-refractivity contribution in [3.63, 3.8) is 0 Å². The molecule has 1 unspecified atom stereocenters. The lowest BCUT2D eigenvalue weighted by atomic mass is 9.68. The SMILES string of the molecule is O=C1N(c2ccc(O)cc2)CC1(CC[C@H](O)c1ccc(F)cc1)c1ccc(-c2cccc(OCc3ccccc3)c2OCc2ccccc2)cc1. The Hall–Kier alpha value is -5.92. The number of rotatable bonds is 13. The summed E-state index contributed by atoms with van der Waals surface area (Å²) in [6.07, 6.45) is -0.173. The molecule has 0 aliphatic carbocycles. The highest BCUT2D eigenvalue weighted by molar-refractivity contribution is 6.08. The summed E-state index contributed by atoms with van der Waals surface area (Å²) >= 11 is 0. The third-order valence-electron chi connectivity index (χ3n) is 9.53. The number of para-hydroxylation sites is 1. The second kappa shape index (κ2) is 14.9. The van der Waals surface area contributed by atoms with Gasteiger partial charge in [0.05, 0.1) is 11.5 Å². The highest BCUT2D eigenvalue weighted by Crippen LogP contribution is 2.45. The van der Waals surface area contributed by atoms with Gasteiger partial charge in [-0.15, -0.1) is 0 Å². The number of benzene rings is 6. The minimum absolute atomic E-state index is 0.0876. The molecule has 1 saturated heterocycles. The molecule has 7 rings (SSSR count). The smallest absolute Gasteiger partial charge is 0.239 e. The van der Waals surface area contributed by atoms with Gasteiger partial charge in [0, 0.05) is 17.8 Å². The third-order valence-corrected chi connectivity index (χ3v) is 9.53. The van der Waals surface area contributed by atoms with Crippen molar-refractivity contribution >= 4 is 11.6 Å². The third kappa shape index (κ3) is 7.35. The van der Waals surface area contributed by atoms with E-state index in [4.69, 9.17) is 9.47 Å². The molecule has 6 aromatic rings. The van der Waals surface area contributed by atoms with Crippen LogP contribution in [-0.4, -0.2) is 22.7 Å². The maximum absolute atomic E-state index is 14.1. The first-order chi connectivity index (χ1) is 24.9. The number of carbonyl (C=O) groups excluding carboxylic acids is 1. The lowest BCUT2D eigenvalue weighted by molar-refractivity contribution is -0.130. The number of phenols is 1. The average molecular weight is 680 g/mol. The Morgan fingerprint density at radius 1 is 0.706 bits per heavy atom. The Labute approximate surface area is 297 Å². The van der Waals surface area contributed by atoms with E-state index in [0.29, 0.717) is 55.4 Å². The summed E-state index contributed by atoms with van der Waals surface area (Å²) in [5, 5.41) is 20.8. The van der Waals surface area contributed by atoms with Crippen LogP contribution in [0.25, 0.3) is 11.1 Å². The fourth-order valence-electron chi connectivity index (χ4n) is 6.64. The molecule has 7 heteroatoms. The van der Waals surface area contributed by atoms with E-state index in [2.05, 4.69) is 0 Å². The van der Waals surface area contributed by atoms with Gasteiger partial charge >= 0.3 is 0 Å². The van der Waals surface area contributed by atoms with E-state index in [1.165, 1.54) is 12.1 Å². The lowest BCUT2D eigenvalue weighted by Gasteiger charge is -2.49. The van der Waals surface area contributed by atoms with Crippen molar-refractivity contribution in [2.75, 3.05) is 11.4 Å². The summed E-state index contributed by atoms with van der Waals surface area (Å²) in [5.41, 5.74) is 5.07.